The van der Waals surface area contributed by atoms with Crippen LogP contribution in [-0.2, 0) is 24.2 Å². The number of fused-ring (bicyclic) bond motifs is 1. The summed E-state index contributed by atoms with van der Waals surface area (Å²) in [5, 5.41) is 2.89. The first kappa shape index (κ1) is 17.3. The monoisotopic (exact) mass is 357 g/mol. The molecule has 1 aliphatic rings. The van der Waals surface area contributed by atoms with Crippen molar-refractivity contribution in [2.24, 2.45) is 0 Å². The van der Waals surface area contributed by atoms with Crippen molar-refractivity contribution >= 4 is 17.4 Å². The summed E-state index contributed by atoms with van der Waals surface area (Å²) in [6, 6.07) is 20.5. The summed E-state index contributed by atoms with van der Waals surface area (Å²) < 4.78 is 0. The molecule has 0 unspecified atom stereocenters. The van der Waals surface area contributed by atoms with Crippen LogP contribution in [0, 0.1) is 6.92 Å². The Balaban J connectivity index is 1.38. The number of aromatic nitrogens is 1. The number of benzene rings is 2. The molecule has 2 heterocycles. The van der Waals surface area contributed by atoms with Crippen molar-refractivity contribution in [3.63, 3.8) is 0 Å². The van der Waals surface area contributed by atoms with Crippen LogP contribution in [-0.4, -0.2) is 17.4 Å². The summed E-state index contributed by atoms with van der Waals surface area (Å²) in [7, 11) is 0. The second-order valence-electron chi connectivity index (χ2n) is 7.06. The fourth-order valence-corrected chi connectivity index (χ4v) is 3.56. The maximum atomic E-state index is 12.3. The molecule has 0 atom stereocenters. The van der Waals surface area contributed by atoms with E-state index in [4.69, 9.17) is 0 Å². The van der Waals surface area contributed by atoms with Crippen LogP contribution in [0.5, 0.6) is 0 Å². The van der Waals surface area contributed by atoms with E-state index in [1.54, 1.807) is 0 Å². The molecule has 136 valence electrons. The van der Waals surface area contributed by atoms with Gasteiger partial charge in [0.15, 0.2) is 0 Å². The molecule has 0 aliphatic carbocycles. The molecule has 1 amide bonds. The number of amides is 1. The molecule has 4 rings (SSSR count). The molecule has 0 bridgehead atoms. The van der Waals surface area contributed by atoms with Crippen LogP contribution in [0.3, 0.4) is 0 Å². The van der Waals surface area contributed by atoms with Crippen molar-refractivity contribution in [1.29, 1.82) is 0 Å². The Hall–Kier alpha value is -3.14. The fraction of sp³-hybridized carbons (Fsp3) is 0.217. The molecule has 1 N–H and O–H groups in total. The van der Waals surface area contributed by atoms with Gasteiger partial charge in [-0.1, -0.05) is 54.1 Å². The van der Waals surface area contributed by atoms with Crippen LogP contribution in [0.25, 0.3) is 0 Å². The Bertz CT molecular complexity index is 950. The highest BCUT2D eigenvalue weighted by molar-refractivity contribution is 5.91. The van der Waals surface area contributed by atoms with Crippen molar-refractivity contribution in [3.8, 4) is 0 Å². The average molecular weight is 357 g/mol. The number of nitrogens with zero attached hydrogens (tertiary/aromatic N) is 2. The van der Waals surface area contributed by atoms with E-state index in [0.29, 0.717) is 12.2 Å². The Morgan fingerprint density at radius 3 is 2.70 bits per heavy atom. The topological polar surface area (TPSA) is 45.2 Å². The van der Waals surface area contributed by atoms with E-state index in [1.807, 2.05) is 49.5 Å². The van der Waals surface area contributed by atoms with E-state index >= 15 is 0 Å². The van der Waals surface area contributed by atoms with Gasteiger partial charge >= 0.3 is 0 Å². The molecule has 3 aromatic rings. The first-order valence-corrected chi connectivity index (χ1v) is 9.30. The minimum absolute atomic E-state index is 0.0484. The van der Waals surface area contributed by atoms with Crippen molar-refractivity contribution in [1.82, 2.24) is 4.98 Å². The Kier molecular flexibility index (Phi) is 4.88. The summed E-state index contributed by atoms with van der Waals surface area (Å²) >= 11 is 0. The highest BCUT2D eigenvalue weighted by Gasteiger charge is 2.16. The zero-order valence-corrected chi connectivity index (χ0v) is 15.5. The number of aryl methyl sites for hydroxylation is 1. The van der Waals surface area contributed by atoms with Gasteiger partial charge < -0.3 is 10.2 Å². The van der Waals surface area contributed by atoms with E-state index in [9.17, 15) is 4.79 Å². The summed E-state index contributed by atoms with van der Waals surface area (Å²) in [4.78, 5) is 19.0. The molecule has 4 heteroatoms. The van der Waals surface area contributed by atoms with Gasteiger partial charge in [0, 0.05) is 13.1 Å². The first-order chi connectivity index (χ1) is 13.2. The average Bonchev–Trinajstić information content (AvgIpc) is 2.68. The highest BCUT2D eigenvalue weighted by atomic mass is 16.1. The maximum absolute atomic E-state index is 12.3. The Morgan fingerprint density at radius 2 is 1.93 bits per heavy atom. The second-order valence-corrected chi connectivity index (χ2v) is 7.06. The van der Waals surface area contributed by atoms with Gasteiger partial charge in [-0.25, -0.2) is 4.98 Å². The predicted octanol–water partition coefficient (Wildman–Crippen LogP) is 4.13. The van der Waals surface area contributed by atoms with E-state index in [1.165, 1.54) is 11.1 Å². The van der Waals surface area contributed by atoms with Crippen LogP contribution < -0.4 is 10.2 Å². The second kappa shape index (κ2) is 7.62. The highest BCUT2D eigenvalue weighted by Crippen LogP contribution is 2.24. The SMILES string of the molecule is Cc1cccc(CC(=O)Nc2ccc(N3CCc4ccccc4C3)cn2)c1. The van der Waals surface area contributed by atoms with Crippen molar-refractivity contribution in [3.05, 3.63) is 89.1 Å². The minimum atomic E-state index is -0.0484. The van der Waals surface area contributed by atoms with E-state index < -0.39 is 0 Å². The number of carbonyl (C=O) groups is 1. The van der Waals surface area contributed by atoms with Gasteiger partial charge in [-0.05, 0) is 42.2 Å². The van der Waals surface area contributed by atoms with Crippen LogP contribution in [0.2, 0.25) is 0 Å². The molecular weight excluding hydrogens is 334 g/mol. The number of rotatable bonds is 4. The van der Waals surface area contributed by atoms with Gasteiger partial charge in [0.25, 0.3) is 0 Å². The van der Waals surface area contributed by atoms with Gasteiger partial charge in [-0.15, -0.1) is 0 Å². The molecule has 0 saturated heterocycles. The Labute approximate surface area is 159 Å². The van der Waals surface area contributed by atoms with Gasteiger partial charge in [-0.2, -0.15) is 0 Å². The third-order valence-corrected chi connectivity index (χ3v) is 4.96. The fourth-order valence-electron chi connectivity index (χ4n) is 3.56. The molecule has 0 spiro atoms. The quantitative estimate of drug-likeness (QED) is 0.763. The lowest BCUT2D eigenvalue weighted by atomic mass is 10.00. The third-order valence-electron chi connectivity index (χ3n) is 4.96. The van der Waals surface area contributed by atoms with Crippen LogP contribution in [0.4, 0.5) is 11.5 Å². The predicted molar refractivity (Wildman–Crippen MR) is 109 cm³/mol. The van der Waals surface area contributed by atoms with Crippen molar-refractivity contribution < 1.29 is 4.79 Å². The largest absolute Gasteiger partial charge is 0.366 e. The zero-order chi connectivity index (χ0) is 18.6. The third kappa shape index (κ3) is 4.17. The lowest BCUT2D eigenvalue weighted by Crippen LogP contribution is -2.30. The van der Waals surface area contributed by atoms with Crippen LogP contribution in [0.1, 0.15) is 22.3 Å². The summed E-state index contributed by atoms with van der Waals surface area (Å²) in [6.45, 7) is 3.91. The molecule has 0 saturated carbocycles. The molecular formula is C23H23N3O. The Morgan fingerprint density at radius 1 is 1.07 bits per heavy atom. The lowest BCUT2D eigenvalue weighted by Gasteiger charge is -2.30. The first-order valence-electron chi connectivity index (χ1n) is 9.30. The smallest absolute Gasteiger partial charge is 0.229 e. The zero-order valence-electron chi connectivity index (χ0n) is 15.5. The number of hydrogen-bond donors (Lipinski definition) is 1. The molecule has 2 aromatic carbocycles. The van der Waals surface area contributed by atoms with Gasteiger partial charge in [-0.3, -0.25) is 4.79 Å². The molecule has 27 heavy (non-hydrogen) atoms. The number of pyridine rings is 1. The number of hydrogen-bond acceptors (Lipinski definition) is 3. The molecule has 1 aromatic heterocycles. The molecule has 0 radical (unpaired) electrons. The van der Waals surface area contributed by atoms with E-state index in [2.05, 4.69) is 39.5 Å². The van der Waals surface area contributed by atoms with Crippen LogP contribution in [0.15, 0.2) is 66.9 Å². The van der Waals surface area contributed by atoms with E-state index in [0.717, 1.165) is 36.3 Å². The standard InChI is InChI=1S/C23H23N3O/c1-17-5-4-6-18(13-17)14-23(27)25-22-10-9-21(15-24-22)26-12-11-19-7-2-3-8-20(19)16-26/h2-10,13,15H,11-12,14,16H2,1H3,(H,24,25,27). The van der Waals surface area contributed by atoms with Gasteiger partial charge in [0.2, 0.25) is 5.91 Å². The summed E-state index contributed by atoms with van der Waals surface area (Å²) in [5.74, 6) is 0.543. The van der Waals surface area contributed by atoms with E-state index in [-0.39, 0.29) is 5.91 Å². The number of carbonyl (C=O) groups excluding carboxylic acids is 1. The normalized spacial score (nSPS) is 13.1. The lowest BCUT2D eigenvalue weighted by molar-refractivity contribution is -0.115. The van der Waals surface area contributed by atoms with Gasteiger partial charge in [0.1, 0.15) is 5.82 Å². The number of anilines is 2. The maximum Gasteiger partial charge on any atom is 0.229 e. The molecule has 0 fully saturated rings. The van der Waals surface area contributed by atoms with Crippen molar-refractivity contribution in [2.75, 3.05) is 16.8 Å². The van der Waals surface area contributed by atoms with Crippen LogP contribution >= 0.6 is 0 Å². The summed E-state index contributed by atoms with van der Waals surface area (Å²) in [5.41, 5.74) is 6.06. The number of nitrogens with one attached hydrogen (secondary N) is 1. The minimum Gasteiger partial charge on any atom is -0.366 e. The van der Waals surface area contributed by atoms with Crippen molar-refractivity contribution in [2.45, 2.75) is 26.3 Å². The molecule has 4 nitrogen and oxygen atoms in total. The molecule has 1 aliphatic heterocycles. The summed E-state index contributed by atoms with van der Waals surface area (Å²) in [6.07, 6.45) is 3.25. The van der Waals surface area contributed by atoms with Gasteiger partial charge in [0.05, 0.1) is 18.3 Å².